The molecule has 8 heteroatoms. The van der Waals surface area contributed by atoms with Crippen LogP contribution in [0.2, 0.25) is 0 Å². The summed E-state index contributed by atoms with van der Waals surface area (Å²) in [6.07, 6.45) is 2.01. The molecule has 0 amide bonds. The van der Waals surface area contributed by atoms with Crippen LogP contribution in [0.4, 0.5) is 0 Å². The van der Waals surface area contributed by atoms with Gasteiger partial charge in [-0.3, -0.25) is 4.79 Å². The van der Waals surface area contributed by atoms with Gasteiger partial charge >= 0.3 is 5.97 Å². The van der Waals surface area contributed by atoms with Gasteiger partial charge in [-0.25, -0.2) is 8.42 Å². The number of carbonyl (C=O) groups excluding carboxylic acids is 1. The van der Waals surface area contributed by atoms with Crippen LogP contribution in [0.1, 0.15) is 32.0 Å². The predicted octanol–water partition coefficient (Wildman–Crippen LogP) is 0.379. The predicted molar refractivity (Wildman–Crippen MR) is 71.8 cm³/mol. The lowest BCUT2D eigenvalue weighted by Gasteiger charge is -2.20. The van der Waals surface area contributed by atoms with E-state index >= 15 is 0 Å². The van der Waals surface area contributed by atoms with E-state index in [-0.39, 0.29) is 24.0 Å². The summed E-state index contributed by atoms with van der Waals surface area (Å²) in [7, 11) is -3.06. The molecule has 0 aliphatic carbocycles. The first-order valence-corrected chi connectivity index (χ1v) is 8.55. The molecule has 0 saturated carbocycles. The van der Waals surface area contributed by atoms with Gasteiger partial charge in [0.05, 0.1) is 18.1 Å². The van der Waals surface area contributed by atoms with Gasteiger partial charge in [0.25, 0.3) is 0 Å². The number of aryl methyl sites for hydroxylation is 1. The van der Waals surface area contributed by atoms with E-state index < -0.39 is 21.7 Å². The first-order chi connectivity index (χ1) is 9.48. The molecule has 1 aliphatic heterocycles. The minimum atomic E-state index is -3.06. The second-order valence-electron chi connectivity index (χ2n) is 4.87. The van der Waals surface area contributed by atoms with E-state index in [1.165, 1.54) is 0 Å². The van der Waals surface area contributed by atoms with Crippen molar-refractivity contribution in [3.63, 3.8) is 0 Å². The molecule has 0 aromatic carbocycles. The number of rotatable bonds is 5. The molecule has 0 N–H and O–H groups in total. The summed E-state index contributed by atoms with van der Waals surface area (Å²) in [4.78, 5) is 12.2. The van der Waals surface area contributed by atoms with Crippen molar-refractivity contribution in [2.45, 2.75) is 32.7 Å². The average Bonchev–Trinajstić information content (AvgIpc) is 2.97. The lowest BCUT2D eigenvalue weighted by Crippen LogP contribution is -2.28. The second kappa shape index (κ2) is 5.90. The Balaban J connectivity index is 2.33. The topological polar surface area (TPSA) is 91.2 Å². The SMILES string of the molecule is CCOC(=O)C(c1nncn1CC)C1CCS(=O)(=O)C1. The smallest absolute Gasteiger partial charge is 0.317 e. The number of ether oxygens (including phenoxy) is 1. The van der Waals surface area contributed by atoms with Crippen molar-refractivity contribution in [1.29, 1.82) is 0 Å². The standard InChI is InChI=1S/C12H19N3O4S/c1-3-15-8-13-14-11(15)10(12(16)19-4-2)9-5-6-20(17,18)7-9/h8-10H,3-7H2,1-2H3. The number of hydrogen-bond acceptors (Lipinski definition) is 6. The molecule has 1 aromatic heterocycles. The maximum atomic E-state index is 12.2. The third kappa shape index (κ3) is 3.00. The molecule has 2 heterocycles. The minimum absolute atomic E-state index is 0.00700. The van der Waals surface area contributed by atoms with Crippen molar-refractivity contribution >= 4 is 15.8 Å². The molecule has 0 bridgehead atoms. The fourth-order valence-electron chi connectivity index (χ4n) is 2.58. The maximum absolute atomic E-state index is 12.2. The fourth-order valence-corrected chi connectivity index (χ4v) is 4.42. The lowest BCUT2D eigenvalue weighted by atomic mass is 9.91. The summed E-state index contributed by atoms with van der Waals surface area (Å²) >= 11 is 0. The molecule has 1 aliphatic rings. The van der Waals surface area contributed by atoms with E-state index in [0.717, 1.165) is 0 Å². The zero-order valence-corrected chi connectivity index (χ0v) is 12.5. The monoisotopic (exact) mass is 301 g/mol. The van der Waals surface area contributed by atoms with E-state index in [2.05, 4.69) is 10.2 Å². The summed E-state index contributed by atoms with van der Waals surface area (Å²) < 4.78 is 30.2. The van der Waals surface area contributed by atoms with Crippen molar-refractivity contribution in [2.75, 3.05) is 18.1 Å². The number of sulfone groups is 1. The van der Waals surface area contributed by atoms with E-state index in [1.807, 2.05) is 6.92 Å². The number of esters is 1. The van der Waals surface area contributed by atoms with Crippen molar-refractivity contribution in [2.24, 2.45) is 5.92 Å². The summed E-state index contributed by atoms with van der Waals surface area (Å²) in [6, 6.07) is 0. The van der Waals surface area contributed by atoms with Gasteiger partial charge in [0, 0.05) is 6.54 Å². The first-order valence-electron chi connectivity index (χ1n) is 6.73. The summed E-state index contributed by atoms with van der Waals surface area (Å²) in [5.74, 6) is -0.741. The van der Waals surface area contributed by atoms with E-state index in [9.17, 15) is 13.2 Å². The Hall–Kier alpha value is -1.44. The Kier molecular flexibility index (Phi) is 4.42. The molecular weight excluding hydrogens is 282 g/mol. The molecule has 20 heavy (non-hydrogen) atoms. The highest BCUT2D eigenvalue weighted by Gasteiger charge is 2.41. The highest BCUT2D eigenvalue weighted by atomic mass is 32.2. The summed E-state index contributed by atoms with van der Waals surface area (Å²) in [5.41, 5.74) is 0. The Bertz CT molecular complexity index is 581. The van der Waals surface area contributed by atoms with Crippen molar-refractivity contribution in [3.05, 3.63) is 12.2 Å². The number of nitrogens with zero attached hydrogens (tertiary/aromatic N) is 3. The van der Waals surface area contributed by atoms with Crippen LogP contribution in [0, 0.1) is 5.92 Å². The highest BCUT2D eigenvalue weighted by molar-refractivity contribution is 7.91. The first kappa shape index (κ1) is 15.0. The van der Waals surface area contributed by atoms with Crippen LogP contribution in [0.3, 0.4) is 0 Å². The molecule has 2 unspecified atom stereocenters. The van der Waals surface area contributed by atoms with Gasteiger partial charge in [-0.1, -0.05) is 0 Å². The number of carbonyl (C=O) groups is 1. The highest BCUT2D eigenvalue weighted by Crippen LogP contribution is 2.33. The van der Waals surface area contributed by atoms with Crippen molar-refractivity contribution in [1.82, 2.24) is 14.8 Å². The Morgan fingerprint density at radius 3 is 2.85 bits per heavy atom. The van der Waals surface area contributed by atoms with Crippen LogP contribution < -0.4 is 0 Å². The largest absolute Gasteiger partial charge is 0.465 e. The van der Waals surface area contributed by atoms with Gasteiger partial charge in [-0.05, 0) is 26.2 Å². The van der Waals surface area contributed by atoms with Crippen LogP contribution in [-0.2, 0) is 25.9 Å². The zero-order valence-electron chi connectivity index (χ0n) is 11.7. The molecule has 1 saturated heterocycles. The van der Waals surface area contributed by atoms with E-state index in [0.29, 0.717) is 18.8 Å². The zero-order chi connectivity index (χ0) is 14.8. The van der Waals surface area contributed by atoms with Crippen LogP contribution >= 0.6 is 0 Å². The summed E-state index contributed by atoms with van der Waals surface area (Å²) in [6.45, 7) is 4.53. The Labute approximate surface area is 118 Å². The van der Waals surface area contributed by atoms with Gasteiger partial charge in [0.2, 0.25) is 0 Å². The number of aromatic nitrogens is 3. The molecule has 0 radical (unpaired) electrons. The van der Waals surface area contributed by atoms with Gasteiger partial charge in [-0.15, -0.1) is 10.2 Å². The Morgan fingerprint density at radius 2 is 2.30 bits per heavy atom. The maximum Gasteiger partial charge on any atom is 0.317 e. The van der Waals surface area contributed by atoms with Gasteiger partial charge < -0.3 is 9.30 Å². The molecule has 1 fully saturated rings. The van der Waals surface area contributed by atoms with Crippen molar-refractivity contribution in [3.8, 4) is 0 Å². The van der Waals surface area contributed by atoms with Crippen LogP contribution in [0.15, 0.2) is 6.33 Å². The van der Waals surface area contributed by atoms with Gasteiger partial charge in [-0.2, -0.15) is 0 Å². The summed E-state index contributed by atoms with van der Waals surface area (Å²) in [5, 5.41) is 7.82. The molecule has 112 valence electrons. The normalized spacial score (nSPS) is 22.6. The third-order valence-electron chi connectivity index (χ3n) is 3.54. The van der Waals surface area contributed by atoms with Gasteiger partial charge in [0.15, 0.2) is 9.84 Å². The lowest BCUT2D eigenvalue weighted by molar-refractivity contribution is -0.146. The van der Waals surface area contributed by atoms with Crippen molar-refractivity contribution < 1.29 is 17.9 Å². The van der Waals surface area contributed by atoms with Crippen LogP contribution in [-0.4, -0.2) is 47.3 Å². The Morgan fingerprint density at radius 1 is 1.55 bits per heavy atom. The molecule has 2 atom stereocenters. The van der Waals surface area contributed by atoms with E-state index in [1.54, 1.807) is 17.8 Å². The molecule has 2 rings (SSSR count). The molecule has 7 nitrogen and oxygen atoms in total. The fraction of sp³-hybridized carbons (Fsp3) is 0.750. The molecule has 1 aromatic rings. The molecular formula is C12H19N3O4S. The quantitative estimate of drug-likeness (QED) is 0.730. The second-order valence-corrected chi connectivity index (χ2v) is 7.10. The van der Waals surface area contributed by atoms with Gasteiger partial charge in [0.1, 0.15) is 18.1 Å². The van der Waals surface area contributed by atoms with E-state index in [4.69, 9.17) is 4.74 Å². The average molecular weight is 301 g/mol. The van der Waals surface area contributed by atoms with Crippen LogP contribution in [0.5, 0.6) is 0 Å². The molecule has 0 spiro atoms. The number of hydrogen-bond donors (Lipinski definition) is 0. The van der Waals surface area contributed by atoms with Crippen LogP contribution in [0.25, 0.3) is 0 Å². The third-order valence-corrected chi connectivity index (χ3v) is 5.34. The minimum Gasteiger partial charge on any atom is -0.465 e.